The number of nitrogens with zero attached hydrogens (tertiary/aromatic N) is 2. The molecule has 0 radical (unpaired) electrons. The molecule has 4 nitrogen and oxygen atoms in total. The first-order valence-corrected chi connectivity index (χ1v) is 13.8. The third kappa shape index (κ3) is 4.09. The van der Waals surface area contributed by atoms with E-state index in [1.54, 1.807) is 0 Å². The van der Waals surface area contributed by atoms with E-state index in [0.29, 0.717) is 6.04 Å². The molecule has 1 amide bonds. The van der Waals surface area contributed by atoms with Crippen LogP contribution in [-0.4, -0.2) is 40.3 Å². The molecule has 1 aliphatic heterocycles. The summed E-state index contributed by atoms with van der Waals surface area (Å²) < 4.78 is 2.52. The Bertz CT molecular complexity index is 1430. The van der Waals surface area contributed by atoms with Crippen molar-refractivity contribution in [3.05, 3.63) is 120 Å². The first kappa shape index (κ1) is 24.4. The van der Waals surface area contributed by atoms with E-state index in [-0.39, 0.29) is 11.8 Å². The highest BCUT2D eigenvalue weighted by molar-refractivity contribution is 5.91. The van der Waals surface area contributed by atoms with Crippen molar-refractivity contribution in [2.45, 2.75) is 44.2 Å². The standard InChI is InChI=1S/C34H35N3O/c1-25-36(24-27-13-10-12-26-11-8-9-18-32(26)27)21-22-37(25)31-20-19-30(23-31)34(33(35)38,28-14-4-2-5-15-28)29-16-6-3-7-17-29/h2-18,30-31H,19-24H2,1H3,(H-,35,38)/p+1. The summed E-state index contributed by atoms with van der Waals surface area (Å²) in [4.78, 5) is 16.0. The molecule has 1 fully saturated rings. The molecule has 2 N–H and O–H groups in total. The number of carbonyl (C=O) groups excluding carboxylic acids is 1. The Morgan fingerprint density at radius 2 is 1.50 bits per heavy atom. The minimum atomic E-state index is -0.826. The molecule has 1 aliphatic carbocycles. The van der Waals surface area contributed by atoms with Gasteiger partial charge in [-0.05, 0) is 47.1 Å². The molecule has 0 bridgehead atoms. The van der Waals surface area contributed by atoms with Gasteiger partial charge in [0, 0.05) is 12.5 Å². The van der Waals surface area contributed by atoms with Crippen LogP contribution in [0.25, 0.3) is 10.8 Å². The van der Waals surface area contributed by atoms with Crippen LogP contribution in [0.4, 0.5) is 0 Å². The highest BCUT2D eigenvalue weighted by atomic mass is 16.1. The van der Waals surface area contributed by atoms with Crippen LogP contribution in [0.2, 0.25) is 0 Å². The first-order valence-electron chi connectivity index (χ1n) is 13.8. The predicted octanol–water partition coefficient (Wildman–Crippen LogP) is 5.73. The van der Waals surface area contributed by atoms with Crippen LogP contribution in [0, 0.1) is 5.92 Å². The Labute approximate surface area is 225 Å². The van der Waals surface area contributed by atoms with Gasteiger partial charge in [-0.3, -0.25) is 14.3 Å². The fraction of sp³-hybridized carbons (Fsp3) is 0.294. The average molecular weight is 503 g/mol. The molecule has 2 unspecified atom stereocenters. The first-order chi connectivity index (χ1) is 18.6. The van der Waals surface area contributed by atoms with Crippen LogP contribution in [0.3, 0.4) is 0 Å². The Balaban J connectivity index is 1.29. The Morgan fingerprint density at radius 1 is 0.868 bits per heavy atom. The Hall–Kier alpha value is -3.92. The van der Waals surface area contributed by atoms with Crippen LogP contribution in [-0.2, 0) is 16.8 Å². The quantitative estimate of drug-likeness (QED) is 0.328. The zero-order chi connectivity index (χ0) is 26.1. The molecule has 1 heterocycles. The number of rotatable bonds is 7. The van der Waals surface area contributed by atoms with Crippen molar-refractivity contribution in [2.24, 2.45) is 11.7 Å². The van der Waals surface area contributed by atoms with Gasteiger partial charge in [0.15, 0.2) is 0 Å². The normalized spacial score (nSPS) is 19.9. The van der Waals surface area contributed by atoms with Crippen LogP contribution >= 0.6 is 0 Å². The van der Waals surface area contributed by atoms with E-state index in [4.69, 9.17) is 5.73 Å². The van der Waals surface area contributed by atoms with Gasteiger partial charge in [-0.1, -0.05) is 103 Å². The van der Waals surface area contributed by atoms with E-state index in [0.717, 1.165) is 50.0 Å². The predicted molar refractivity (Wildman–Crippen MR) is 154 cm³/mol. The minimum absolute atomic E-state index is 0.148. The number of fused-ring (bicyclic) bond motifs is 1. The van der Waals surface area contributed by atoms with Gasteiger partial charge in [0.25, 0.3) is 0 Å². The monoisotopic (exact) mass is 502 g/mol. The van der Waals surface area contributed by atoms with Crippen molar-refractivity contribution in [2.75, 3.05) is 13.1 Å². The molecule has 2 aliphatic rings. The summed E-state index contributed by atoms with van der Waals surface area (Å²) in [7, 11) is 0. The SMILES string of the molecule is CC1=[N+](Cc2cccc3ccccc23)CCN1C1CCC(C(C(N)=O)(c2ccccc2)c2ccccc2)C1. The number of benzene rings is 4. The summed E-state index contributed by atoms with van der Waals surface area (Å²) in [6, 6.07) is 36.0. The second kappa shape index (κ2) is 10.1. The molecule has 192 valence electrons. The number of amidine groups is 1. The lowest BCUT2D eigenvalue weighted by molar-refractivity contribution is -0.534. The second-order valence-corrected chi connectivity index (χ2v) is 10.9. The zero-order valence-corrected chi connectivity index (χ0v) is 22.1. The van der Waals surface area contributed by atoms with Gasteiger partial charge in [-0.2, -0.15) is 0 Å². The van der Waals surface area contributed by atoms with Gasteiger partial charge >= 0.3 is 0 Å². The third-order valence-electron chi connectivity index (χ3n) is 9.03. The van der Waals surface area contributed by atoms with Crippen molar-refractivity contribution in [1.82, 2.24) is 4.90 Å². The molecular weight excluding hydrogens is 466 g/mol. The van der Waals surface area contributed by atoms with E-state index in [9.17, 15) is 4.79 Å². The average Bonchev–Trinajstić information content (AvgIpc) is 3.57. The summed E-state index contributed by atoms with van der Waals surface area (Å²) in [5, 5.41) is 2.63. The van der Waals surface area contributed by atoms with Gasteiger partial charge in [0.2, 0.25) is 11.7 Å². The van der Waals surface area contributed by atoms with Crippen LogP contribution in [0.1, 0.15) is 42.9 Å². The fourth-order valence-corrected chi connectivity index (χ4v) is 7.17. The summed E-state index contributed by atoms with van der Waals surface area (Å²) in [6.07, 6.45) is 3.00. The maximum atomic E-state index is 13.5. The Morgan fingerprint density at radius 3 is 2.18 bits per heavy atom. The number of primary amides is 1. The molecule has 4 aromatic carbocycles. The maximum absolute atomic E-state index is 13.5. The van der Waals surface area contributed by atoms with Gasteiger partial charge in [0.1, 0.15) is 25.0 Å². The molecule has 4 heteroatoms. The molecule has 0 spiro atoms. The smallest absolute Gasteiger partial charge is 0.244 e. The van der Waals surface area contributed by atoms with E-state index in [1.807, 2.05) is 36.4 Å². The minimum Gasteiger partial charge on any atom is -0.369 e. The topological polar surface area (TPSA) is 49.3 Å². The molecule has 1 saturated carbocycles. The van der Waals surface area contributed by atoms with Crippen molar-refractivity contribution >= 4 is 22.5 Å². The fourth-order valence-electron chi connectivity index (χ4n) is 7.17. The van der Waals surface area contributed by atoms with Crippen LogP contribution in [0.5, 0.6) is 0 Å². The van der Waals surface area contributed by atoms with Gasteiger partial charge < -0.3 is 5.73 Å². The summed E-state index contributed by atoms with van der Waals surface area (Å²) in [6.45, 7) is 5.23. The van der Waals surface area contributed by atoms with Crippen molar-refractivity contribution in [3.63, 3.8) is 0 Å². The van der Waals surface area contributed by atoms with Crippen molar-refractivity contribution in [3.8, 4) is 0 Å². The number of nitrogens with two attached hydrogens (primary N) is 1. The second-order valence-electron chi connectivity index (χ2n) is 10.9. The lowest BCUT2D eigenvalue weighted by atomic mass is 9.64. The van der Waals surface area contributed by atoms with Crippen molar-refractivity contribution in [1.29, 1.82) is 0 Å². The van der Waals surface area contributed by atoms with Crippen molar-refractivity contribution < 1.29 is 9.37 Å². The highest BCUT2D eigenvalue weighted by Gasteiger charge is 2.52. The lowest BCUT2D eigenvalue weighted by Gasteiger charge is -2.37. The number of carbonyl (C=O) groups is 1. The lowest BCUT2D eigenvalue weighted by Crippen LogP contribution is -2.48. The highest BCUT2D eigenvalue weighted by Crippen LogP contribution is 2.48. The largest absolute Gasteiger partial charge is 0.369 e. The zero-order valence-electron chi connectivity index (χ0n) is 22.1. The Kier molecular flexibility index (Phi) is 6.49. The molecule has 0 saturated heterocycles. The number of amides is 1. The number of hydrogen-bond acceptors (Lipinski definition) is 2. The maximum Gasteiger partial charge on any atom is 0.244 e. The van der Waals surface area contributed by atoms with Gasteiger partial charge in [0.05, 0.1) is 6.04 Å². The van der Waals surface area contributed by atoms with Gasteiger partial charge in [-0.25, -0.2) is 0 Å². The molecule has 6 rings (SSSR count). The van der Waals surface area contributed by atoms with E-state index in [2.05, 4.69) is 83.1 Å². The molecule has 0 aromatic heterocycles. The summed E-state index contributed by atoms with van der Waals surface area (Å²) in [5.41, 5.74) is 8.88. The van der Waals surface area contributed by atoms with E-state index in [1.165, 1.54) is 22.2 Å². The number of hydrogen-bond donors (Lipinski definition) is 1. The van der Waals surface area contributed by atoms with Crippen LogP contribution in [0.15, 0.2) is 103 Å². The van der Waals surface area contributed by atoms with E-state index >= 15 is 0 Å². The van der Waals surface area contributed by atoms with Gasteiger partial charge in [-0.15, -0.1) is 0 Å². The summed E-state index contributed by atoms with van der Waals surface area (Å²) in [5.74, 6) is 1.24. The van der Waals surface area contributed by atoms with Crippen LogP contribution < -0.4 is 5.73 Å². The molecule has 4 aromatic rings. The van der Waals surface area contributed by atoms with E-state index < -0.39 is 5.41 Å². The molecule has 38 heavy (non-hydrogen) atoms. The summed E-state index contributed by atoms with van der Waals surface area (Å²) >= 11 is 0. The molecule has 2 atom stereocenters. The molecular formula is C34H36N3O+. The third-order valence-corrected chi connectivity index (χ3v) is 9.03.